The average Bonchev–Trinajstić information content (AvgIpc) is 3.45. The molecule has 1 heterocycles. The van der Waals surface area contributed by atoms with Crippen LogP contribution >= 0.6 is 0 Å². The summed E-state index contributed by atoms with van der Waals surface area (Å²) >= 11 is 0. The molecule has 1 aromatic heterocycles. The fraction of sp³-hybridized carbons (Fsp3) is 0.462. The van der Waals surface area contributed by atoms with E-state index in [0.717, 1.165) is 5.92 Å². The molecule has 40 heavy (non-hydrogen) atoms. The fourth-order valence-corrected chi connectivity index (χ4v) is 8.66. The second kappa shape index (κ2) is 10.8. The number of rotatable bonds is 4. The summed E-state index contributed by atoms with van der Waals surface area (Å²) in [4.78, 5) is 0. The van der Waals surface area contributed by atoms with Gasteiger partial charge >= 0.3 is 0 Å². The van der Waals surface area contributed by atoms with Crippen molar-refractivity contribution in [2.24, 2.45) is 12.5 Å². The Bertz CT molecular complexity index is 1510. The molecule has 0 N–H and O–H groups in total. The zero-order valence-corrected chi connectivity index (χ0v) is 24.7. The van der Waals surface area contributed by atoms with E-state index in [9.17, 15) is 0 Å². The quantitative estimate of drug-likeness (QED) is 0.232. The van der Waals surface area contributed by atoms with Crippen molar-refractivity contribution < 1.29 is 4.57 Å². The van der Waals surface area contributed by atoms with Crippen LogP contribution in [0.15, 0.2) is 72.9 Å². The van der Waals surface area contributed by atoms with Crippen molar-refractivity contribution in [2.45, 2.75) is 102 Å². The molecule has 206 valence electrons. The molecule has 0 aliphatic heterocycles. The van der Waals surface area contributed by atoms with Gasteiger partial charge < -0.3 is 0 Å². The standard InChI is InChI=1S/C39H46N/c1-28-10-6-7-13-35(28)38-26-36(37(27-40(38)2)30-11-4-3-5-12-30)34-17-16-32-24-31(14-15-33(32)25-34)29-18-22-39(23-19-29)20-8-9-21-39/h6-7,10,13-17,24-27,29-30H,3-5,8-9,11-12,18-23H2,1-2H3/q+1. The molecule has 3 aliphatic rings. The van der Waals surface area contributed by atoms with E-state index in [0.29, 0.717) is 11.3 Å². The van der Waals surface area contributed by atoms with Gasteiger partial charge in [-0.15, -0.1) is 0 Å². The fourth-order valence-electron chi connectivity index (χ4n) is 8.66. The molecule has 0 radical (unpaired) electrons. The van der Waals surface area contributed by atoms with Crippen LogP contribution < -0.4 is 4.57 Å². The molecule has 1 spiro atoms. The van der Waals surface area contributed by atoms with E-state index in [1.165, 1.54) is 122 Å². The van der Waals surface area contributed by atoms with Gasteiger partial charge in [0.15, 0.2) is 6.20 Å². The molecule has 3 saturated carbocycles. The lowest BCUT2D eigenvalue weighted by molar-refractivity contribution is -0.660. The van der Waals surface area contributed by atoms with Crippen molar-refractivity contribution in [2.75, 3.05) is 0 Å². The molecule has 0 atom stereocenters. The third-order valence-corrected chi connectivity index (χ3v) is 11.1. The number of benzene rings is 3. The Morgan fingerprint density at radius 3 is 2.15 bits per heavy atom. The zero-order valence-electron chi connectivity index (χ0n) is 24.7. The van der Waals surface area contributed by atoms with Crippen molar-refractivity contribution in [1.29, 1.82) is 0 Å². The number of aryl methyl sites for hydroxylation is 2. The Balaban J connectivity index is 1.24. The molecule has 3 aliphatic carbocycles. The maximum absolute atomic E-state index is 2.52. The summed E-state index contributed by atoms with van der Waals surface area (Å²) in [6.07, 6.45) is 20.8. The van der Waals surface area contributed by atoms with Gasteiger partial charge in [0.05, 0.1) is 0 Å². The first-order valence-electron chi connectivity index (χ1n) is 16.2. The van der Waals surface area contributed by atoms with Gasteiger partial charge in [-0.1, -0.05) is 80.6 Å². The van der Waals surface area contributed by atoms with Crippen molar-refractivity contribution >= 4 is 10.8 Å². The number of fused-ring (bicyclic) bond motifs is 1. The molecule has 3 aromatic carbocycles. The van der Waals surface area contributed by atoms with Crippen LogP contribution in [-0.2, 0) is 7.05 Å². The topological polar surface area (TPSA) is 3.88 Å². The van der Waals surface area contributed by atoms with Gasteiger partial charge in [-0.25, -0.2) is 4.57 Å². The van der Waals surface area contributed by atoms with Gasteiger partial charge in [-0.2, -0.15) is 0 Å². The van der Waals surface area contributed by atoms with E-state index in [1.54, 1.807) is 11.1 Å². The summed E-state index contributed by atoms with van der Waals surface area (Å²) in [6.45, 7) is 2.23. The third kappa shape index (κ3) is 4.91. The van der Waals surface area contributed by atoms with Crippen LogP contribution in [0.2, 0.25) is 0 Å². The van der Waals surface area contributed by atoms with Crippen molar-refractivity contribution in [3.05, 3.63) is 89.6 Å². The zero-order chi connectivity index (χ0) is 27.1. The molecular weight excluding hydrogens is 482 g/mol. The minimum absolute atomic E-state index is 0.661. The molecule has 0 amide bonds. The van der Waals surface area contributed by atoms with Crippen molar-refractivity contribution in [1.82, 2.24) is 0 Å². The number of hydrogen-bond donors (Lipinski definition) is 0. The Kier molecular flexibility index (Phi) is 7.02. The first kappa shape index (κ1) is 26.0. The predicted molar refractivity (Wildman–Crippen MR) is 169 cm³/mol. The van der Waals surface area contributed by atoms with Crippen LogP contribution in [0.25, 0.3) is 33.2 Å². The number of aromatic nitrogens is 1. The van der Waals surface area contributed by atoms with Crippen LogP contribution in [0.1, 0.15) is 112 Å². The third-order valence-electron chi connectivity index (χ3n) is 11.1. The summed E-state index contributed by atoms with van der Waals surface area (Å²) in [7, 11) is 2.24. The maximum Gasteiger partial charge on any atom is 0.213 e. The van der Waals surface area contributed by atoms with Crippen LogP contribution in [-0.4, -0.2) is 0 Å². The smallest absolute Gasteiger partial charge is 0.201 e. The van der Waals surface area contributed by atoms with Crippen LogP contribution in [0.4, 0.5) is 0 Å². The molecule has 7 rings (SSSR count). The summed E-state index contributed by atoms with van der Waals surface area (Å²) in [6, 6.07) is 26.0. The Hall–Kier alpha value is -2.93. The van der Waals surface area contributed by atoms with Crippen LogP contribution in [0.5, 0.6) is 0 Å². The molecule has 1 heteroatoms. The van der Waals surface area contributed by atoms with Gasteiger partial charge in [-0.05, 0) is 121 Å². The van der Waals surface area contributed by atoms with Crippen molar-refractivity contribution in [3.63, 3.8) is 0 Å². The highest BCUT2D eigenvalue weighted by Gasteiger charge is 2.37. The largest absolute Gasteiger partial charge is 0.213 e. The van der Waals surface area contributed by atoms with E-state index in [4.69, 9.17) is 0 Å². The Morgan fingerprint density at radius 2 is 1.38 bits per heavy atom. The van der Waals surface area contributed by atoms with Gasteiger partial charge in [0.25, 0.3) is 0 Å². The normalized spacial score (nSPS) is 19.9. The molecule has 3 fully saturated rings. The van der Waals surface area contributed by atoms with Gasteiger partial charge in [-0.3, -0.25) is 0 Å². The molecule has 1 nitrogen and oxygen atoms in total. The Morgan fingerprint density at radius 1 is 0.650 bits per heavy atom. The van der Waals surface area contributed by atoms with E-state index in [1.807, 2.05) is 0 Å². The molecule has 0 bridgehead atoms. The number of hydrogen-bond acceptors (Lipinski definition) is 0. The summed E-state index contributed by atoms with van der Waals surface area (Å²) in [5, 5.41) is 2.78. The van der Waals surface area contributed by atoms with Gasteiger partial charge in [0.2, 0.25) is 5.69 Å². The van der Waals surface area contributed by atoms with Gasteiger partial charge in [0.1, 0.15) is 7.05 Å². The summed E-state index contributed by atoms with van der Waals surface area (Å²) in [5.41, 5.74) is 10.6. The highest BCUT2D eigenvalue weighted by atomic mass is 14.9. The lowest BCUT2D eigenvalue weighted by Gasteiger charge is -2.37. The monoisotopic (exact) mass is 528 g/mol. The lowest BCUT2D eigenvalue weighted by Crippen LogP contribution is -2.32. The minimum Gasteiger partial charge on any atom is -0.201 e. The lowest BCUT2D eigenvalue weighted by atomic mass is 9.68. The maximum atomic E-state index is 2.52. The first-order chi connectivity index (χ1) is 19.6. The van der Waals surface area contributed by atoms with Crippen LogP contribution in [0, 0.1) is 12.3 Å². The Labute approximate surface area is 241 Å². The van der Waals surface area contributed by atoms with E-state index in [-0.39, 0.29) is 0 Å². The van der Waals surface area contributed by atoms with Gasteiger partial charge in [0, 0.05) is 17.2 Å². The van der Waals surface area contributed by atoms with E-state index >= 15 is 0 Å². The highest BCUT2D eigenvalue weighted by molar-refractivity contribution is 5.89. The predicted octanol–water partition coefficient (Wildman–Crippen LogP) is 10.6. The SMILES string of the molecule is Cc1ccccc1-c1cc(-c2ccc3cc(C4CCC5(CCCC5)CC4)ccc3c2)c(C2CCCCC2)c[n+]1C. The summed E-state index contributed by atoms with van der Waals surface area (Å²) < 4.78 is 2.38. The van der Waals surface area contributed by atoms with Crippen molar-refractivity contribution in [3.8, 4) is 22.4 Å². The number of nitrogens with zero attached hydrogens (tertiary/aromatic N) is 1. The van der Waals surface area contributed by atoms with E-state index < -0.39 is 0 Å². The molecule has 4 aromatic rings. The summed E-state index contributed by atoms with van der Waals surface area (Å²) in [5.74, 6) is 1.41. The van der Waals surface area contributed by atoms with E-state index in [2.05, 4.69) is 91.5 Å². The number of pyridine rings is 1. The second-order valence-corrected chi connectivity index (χ2v) is 13.6. The average molecular weight is 529 g/mol. The molecule has 0 unspecified atom stereocenters. The highest BCUT2D eigenvalue weighted by Crippen LogP contribution is 2.52. The minimum atomic E-state index is 0.661. The van der Waals surface area contributed by atoms with Crippen LogP contribution in [0.3, 0.4) is 0 Å². The second-order valence-electron chi connectivity index (χ2n) is 13.6. The molecule has 0 saturated heterocycles. The molecular formula is C39H46N+. The first-order valence-corrected chi connectivity index (χ1v) is 16.2.